The highest BCUT2D eigenvalue weighted by atomic mass is 16.2. The Morgan fingerprint density at radius 2 is 1.88 bits per heavy atom. The van der Waals surface area contributed by atoms with Crippen molar-refractivity contribution in [3.05, 3.63) is 77.8 Å². The smallest absolute Gasteiger partial charge is 0.270 e. The second kappa shape index (κ2) is 7.12. The van der Waals surface area contributed by atoms with Crippen LogP contribution in [-0.2, 0) is 18.5 Å². The van der Waals surface area contributed by atoms with Crippen molar-refractivity contribution in [1.82, 2.24) is 29.6 Å². The van der Waals surface area contributed by atoms with E-state index < -0.39 is 0 Å². The molecule has 1 amide bonds. The molecule has 0 spiro atoms. The van der Waals surface area contributed by atoms with E-state index in [-0.39, 0.29) is 17.1 Å². The number of nitrogens with zero attached hydrogens (tertiary/aromatic N) is 5. The fourth-order valence-corrected chi connectivity index (χ4v) is 4.62. The molecule has 32 heavy (non-hydrogen) atoms. The quantitative estimate of drug-likeness (QED) is 0.495. The van der Waals surface area contributed by atoms with Crippen LogP contribution in [0, 0.1) is 0 Å². The van der Waals surface area contributed by atoms with Crippen LogP contribution in [0.3, 0.4) is 0 Å². The van der Waals surface area contributed by atoms with Crippen molar-refractivity contribution in [1.29, 1.82) is 0 Å². The van der Waals surface area contributed by atoms with Crippen LogP contribution < -0.4 is 0 Å². The van der Waals surface area contributed by atoms with E-state index >= 15 is 0 Å². The Balaban J connectivity index is 1.23. The Bertz CT molecular complexity index is 1300. The fourth-order valence-electron chi connectivity index (χ4n) is 4.62. The minimum atomic E-state index is -0.262. The number of Topliss-reactive ketones (excluding diaryl/α,β-unsaturated/α-hetero) is 1. The molecule has 0 atom stereocenters. The van der Waals surface area contributed by atoms with Gasteiger partial charge in [0.25, 0.3) is 5.91 Å². The van der Waals surface area contributed by atoms with Gasteiger partial charge in [0.05, 0.1) is 30.5 Å². The zero-order valence-corrected chi connectivity index (χ0v) is 17.5. The van der Waals surface area contributed by atoms with E-state index in [4.69, 9.17) is 0 Å². The molecule has 8 heteroatoms. The molecule has 3 aromatic heterocycles. The number of para-hydroxylation sites is 1. The molecule has 160 valence electrons. The number of hydrogen-bond acceptors (Lipinski definition) is 5. The molecular formula is C24H22N6O2. The summed E-state index contributed by atoms with van der Waals surface area (Å²) in [6, 6.07) is 11.5. The summed E-state index contributed by atoms with van der Waals surface area (Å²) in [4.78, 5) is 40.2. The van der Waals surface area contributed by atoms with Gasteiger partial charge in [0, 0.05) is 41.7 Å². The molecule has 0 bridgehead atoms. The highest BCUT2D eigenvalue weighted by molar-refractivity contribution is 5.99. The second-order valence-electron chi connectivity index (χ2n) is 8.68. The minimum Gasteiger partial charge on any atom is -0.351 e. The highest BCUT2D eigenvalue weighted by Crippen LogP contribution is 2.50. The first-order valence-corrected chi connectivity index (χ1v) is 10.9. The summed E-state index contributed by atoms with van der Waals surface area (Å²) in [5.74, 6) is 0.713. The Kier molecular flexibility index (Phi) is 4.21. The van der Waals surface area contributed by atoms with Crippen LogP contribution in [0.25, 0.3) is 10.9 Å². The molecule has 0 radical (unpaired) electrons. The Morgan fingerprint density at radius 3 is 2.66 bits per heavy atom. The molecule has 1 saturated carbocycles. The number of hydrogen-bond donors (Lipinski definition) is 1. The largest absolute Gasteiger partial charge is 0.351 e. The maximum absolute atomic E-state index is 13.3. The standard InChI is InChI=1S/C24H22N6O2/c31-21(13-24(6-7-24)23-25-8-3-9-26-23)17-14-27-30-11-10-29(15-20(17)30)22(32)19-12-16-4-1-2-5-18(16)28-19/h1-5,8-9,12,14,28H,6-7,10-11,13,15H2. The molecule has 8 nitrogen and oxygen atoms in total. The molecule has 0 saturated heterocycles. The summed E-state index contributed by atoms with van der Waals surface area (Å²) < 4.78 is 1.85. The average Bonchev–Trinajstić information content (AvgIpc) is 3.29. The third-order valence-corrected chi connectivity index (χ3v) is 6.61. The molecule has 1 aromatic carbocycles. The summed E-state index contributed by atoms with van der Waals surface area (Å²) in [6.07, 6.45) is 7.29. The molecule has 1 N–H and O–H groups in total. The van der Waals surface area contributed by atoms with Gasteiger partial charge in [0.1, 0.15) is 11.5 Å². The molecule has 1 aliphatic heterocycles. The maximum Gasteiger partial charge on any atom is 0.270 e. The van der Waals surface area contributed by atoms with E-state index in [1.54, 1.807) is 29.6 Å². The van der Waals surface area contributed by atoms with Gasteiger partial charge in [0.15, 0.2) is 5.78 Å². The maximum atomic E-state index is 13.3. The molecule has 4 aromatic rings. The van der Waals surface area contributed by atoms with Crippen LogP contribution in [-0.4, -0.2) is 47.9 Å². The number of carbonyl (C=O) groups is 2. The number of amides is 1. The van der Waals surface area contributed by atoms with Gasteiger partial charge in [-0.05, 0) is 31.0 Å². The first-order valence-electron chi connectivity index (χ1n) is 10.9. The van der Waals surface area contributed by atoms with Gasteiger partial charge in [0.2, 0.25) is 0 Å². The number of nitrogens with one attached hydrogen (secondary N) is 1. The van der Waals surface area contributed by atoms with E-state index in [0.29, 0.717) is 37.3 Å². The van der Waals surface area contributed by atoms with Crippen molar-refractivity contribution >= 4 is 22.6 Å². The van der Waals surface area contributed by atoms with Crippen molar-refractivity contribution in [2.24, 2.45) is 0 Å². The van der Waals surface area contributed by atoms with E-state index in [2.05, 4.69) is 20.1 Å². The van der Waals surface area contributed by atoms with Crippen molar-refractivity contribution in [3.8, 4) is 0 Å². The van der Waals surface area contributed by atoms with Crippen molar-refractivity contribution in [3.63, 3.8) is 0 Å². The molecule has 1 aliphatic carbocycles. The monoisotopic (exact) mass is 426 g/mol. The third-order valence-electron chi connectivity index (χ3n) is 6.61. The highest BCUT2D eigenvalue weighted by Gasteiger charge is 2.48. The van der Waals surface area contributed by atoms with E-state index in [0.717, 1.165) is 35.3 Å². The van der Waals surface area contributed by atoms with Crippen molar-refractivity contribution in [2.75, 3.05) is 6.54 Å². The Morgan fingerprint density at radius 1 is 1.06 bits per heavy atom. The van der Waals surface area contributed by atoms with Crippen LogP contribution in [0.5, 0.6) is 0 Å². The van der Waals surface area contributed by atoms with Crippen molar-refractivity contribution < 1.29 is 9.59 Å². The number of rotatable bonds is 5. The summed E-state index contributed by atoms with van der Waals surface area (Å²) in [6.45, 7) is 1.49. The Hall–Kier alpha value is -3.81. The normalized spacial score (nSPS) is 16.7. The van der Waals surface area contributed by atoms with Gasteiger partial charge in [-0.3, -0.25) is 14.3 Å². The number of ketones is 1. The zero-order chi connectivity index (χ0) is 21.7. The third kappa shape index (κ3) is 3.10. The predicted molar refractivity (Wildman–Crippen MR) is 117 cm³/mol. The number of benzene rings is 1. The predicted octanol–water partition coefficient (Wildman–Crippen LogP) is 3.12. The first-order chi connectivity index (χ1) is 15.6. The second-order valence-corrected chi connectivity index (χ2v) is 8.68. The number of H-pyrrole nitrogens is 1. The van der Waals surface area contributed by atoms with Crippen LogP contribution in [0.15, 0.2) is 55.0 Å². The minimum absolute atomic E-state index is 0.0381. The molecule has 4 heterocycles. The number of fused-ring (bicyclic) bond motifs is 2. The summed E-state index contributed by atoms with van der Waals surface area (Å²) in [5.41, 5.74) is 2.63. The van der Waals surface area contributed by atoms with E-state index in [1.807, 2.05) is 35.0 Å². The zero-order valence-electron chi connectivity index (χ0n) is 17.5. The van der Waals surface area contributed by atoms with Crippen LogP contribution in [0.1, 0.15) is 51.6 Å². The lowest BCUT2D eigenvalue weighted by Gasteiger charge is -2.28. The lowest BCUT2D eigenvalue weighted by molar-refractivity contribution is 0.0698. The molecule has 1 fully saturated rings. The number of carbonyl (C=O) groups excluding carboxylic acids is 2. The Labute approximate surface area is 184 Å². The van der Waals surface area contributed by atoms with Gasteiger partial charge < -0.3 is 9.88 Å². The van der Waals surface area contributed by atoms with Gasteiger partial charge in [-0.25, -0.2) is 9.97 Å². The molecule has 2 aliphatic rings. The first kappa shape index (κ1) is 18.9. The van der Waals surface area contributed by atoms with E-state index in [9.17, 15) is 9.59 Å². The lowest BCUT2D eigenvalue weighted by Crippen LogP contribution is -2.39. The molecule has 6 rings (SSSR count). The molecular weight excluding hydrogens is 404 g/mol. The summed E-state index contributed by atoms with van der Waals surface area (Å²) in [5, 5.41) is 5.43. The average molecular weight is 426 g/mol. The fraction of sp³-hybridized carbons (Fsp3) is 0.292. The topological polar surface area (TPSA) is 96.8 Å². The number of aromatic nitrogens is 5. The molecule has 0 unspecified atom stereocenters. The van der Waals surface area contributed by atoms with Gasteiger partial charge in [-0.15, -0.1) is 0 Å². The van der Waals surface area contributed by atoms with Gasteiger partial charge in [-0.2, -0.15) is 5.10 Å². The van der Waals surface area contributed by atoms with Gasteiger partial charge in [-0.1, -0.05) is 18.2 Å². The van der Waals surface area contributed by atoms with Crippen molar-refractivity contribution in [2.45, 2.75) is 37.8 Å². The number of aromatic amines is 1. The van der Waals surface area contributed by atoms with Crippen LogP contribution >= 0.6 is 0 Å². The van der Waals surface area contributed by atoms with Crippen LogP contribution in [0.4, 0.5) is 0 Å². The van der Waals surface area contributed by atoms with Crippen LogP contribution in [0.2, 0.25) is 0 Å². The van der Waals surface area contributed by atoms with Gasteiger partial charge >= 0.3 is 0 Å². The SMILES string of the molecule is O=C(CC1(c2ncccn2)CC1)c1cnn2c1CN(C(=O)c1cc3ccccc3[nH]1)CC2. The summed E-state index contributed by atoms with van der Waals surface area (Å²) in [7, 11) is 0. The summed E-state index contributed by atoms with van der Waals surface area (Å²) >= 11 is 0. The van der Waals surface area contributed by atoms with E-state index in [1.165, 1.54) is 0 Å². The lowest BCUT2D eigenvalue weighted by atomic mass is 9.94.